The second kappa shape index (κ2) is 4.38. The molecule has 1 amide bonds. The van der Waals surface area contributed by atoms with E-state index in [1.165, 1.54) is 6.08 Å². The van der Waals surface area contributed by atoms with Gasteiger partial charge in [-0.1, -0.05) is 6.08 Å². The van der Waals surface area contributed by atoms with Crippen molar-refractivity contribution in [3.05, 3.63) is 35.5 Å². The highest BCUT2D eigenvalue weighted by molar-refractivity contribution is 6.02. The second-order valence-electron chi connectivity index (χ2n) is 5.94. The number of hydrogen-bond donors (Lipinski definition) is 0. The van der Waals surface area contributed by atoms with Crippen LogP contribution in [0, 0.1) is 0 Å². The minimum Gasteiger partial charge on any atom is -0.352 e. The van der Waals surface area contributed by atoms with E-state index in [1.54, 1.807) is 31.3 Å². The molecule has 116 valence electrons. The van der Waals surface area contributed by atoms with Crippen LogP contribution in [0.15, 0.2) is 35.5 Å². The number of ketones is 1. The van der Waals surface area contributed by atoms with Gasteiger partial charge >= 0.3 is 0 Å². The summed E-state index contributed by atoms with van der Waals surface area (Å²) < 4.78 is 16.9. The fourth-order valence-electron chi connectivity index (χ4n) is 4.08. The van der Waals surface area contributed by atoms with Gasteiger partial charge in [0.05, 0.1) is 0 Å². The van der Waals surface area contributed by atoms with Crippen LogP contribution in [0.2, 0.25) is 0 Å². The smallest absolute Gasteiger partial charge is 0.247 e. The van der Waals surface area contributed by atoms with Crippen LogP contribution < -0.4 is 0 Å². The average molecular weight is 303 g/mol. The molecule has 1 fully saturated rings. The molecule has 3 atom stereocenters. The largest absolute Gasteiger partial charge is 0.352 e. The van der Waals surface area contributed by atoms with Crippen molar-refractivity contribution < 1.29 is 23.8 Å². The van der Waals surface area contributed by atoms with E-state index in [0.717, 1.165) is 11.1 Å². The molecule has 3 aliphatic heterocycles. The van der Waals surface area contributed by atoms with Crippen molar-refractivity contribution in [3.8, 4) is 0 Å². The molecule has 4 rings (SSSR count). The molecule has 1 spiro atoms. The Morgan fingerprint density at radius 3 is 2.86 bits per heavy atom. The molecule has 0 unspecified atom stereocenters. The number of methoxy groups -OCH3 is 2. The van der Waals surface area contributed by atoms with Crippen LogP contribution in [0.25, 0.3) is 0 Å². The van der Waals surface area contributed by atoms with Crippen molar-refractivity contribution in [2.75, 3.05) is 20.8 Å². The summed E-state index contributed by atoms with van der Waals surface area (Å²) in [7, 11) is 3.14. The number of hydrogen-bond acceptors (Lipinski definition) is 5. The normalized spacial score (nSPS) is 39.4. The van der Waals surface area contributed by atoms with Gasteiger partial charge in [0.25, 0.3) is 0 Å². The number of nitrogens with zero attached hydrogens (tertiary/aromatic N) is 1. The monoisotopic (exact) mass is 303 g/mol. The van der Waals surface area contributed by atoms with Crippen LogP contribution in [0.4, 0.5) is 0 Å². The van der Waals surface area contributed by atoms with Crippen molar-refractivity contribution in [1.82, 2.24) is 4.90 Å². The number of rotatable bonds is 2. The Balaban J connectivity index is 1.92. The van der Waals surface area contributed by atoms with Gasteiger partial charge in [0, 0.05) is 45.3 Å². The van der Waals surface area contributed by atoms with E-state index < -0.39 is 17.6 Å². The van der Waals surface area contributed by atoms with Gasteiger partial charge in [0.2, 0.25) is 5.91 Å². The SMILES string of the molecule is CO[C@@H]1C=C2[C@](OC)(CCN3C(=O)C=C4C=CC(=O)C[C@]423)O1. The molecule has 1 aliphatic carbocycles. The van der Waals surface area contributed by atoms with Gasteiger partial charge in [-0.15, -0.1) is 0 Å². The third-order valence-corrected chi connectivity index (χ3v) is 5.05. The van der Waals surface area contributed by atoms with Crippen LogP contribution in [-0.4, -0.2) is 55.0 Å². The Morgan fingerprint density at radius 1 is 1.32 bits per heavy atom. The quantitative estimate of drug-likeness (QED) is 0.703. The molecule has 1 saturated heterocycles. The standard InChI is InChI=1S/C16H17NO5/c1-20-14-8-12-15-9-11(18)4-3-10(15)7-13(19)17(15)6-5-16(12,21-2)22-14/h3-4,7-8,14H,5-6,9H2,1-2H3/t14-,15-,16-/m0/s1. The molecule has 22 heavy (non-hydrogen) atoms. The van der Waals surface area contributed by atoms with Gasteiger partial charge in [0.1, 0.15) is 5.54 Å². The van der Waals surface area contributed by atoms with Crippen molar-refractivity contribution in [1.29, 1.82) is 0 Å². The van der Waals surface area contributed by atoms with Crippen LogP contribution >= 0.6 is 0 Å². The summed E-state index contributed by atoms with van der Waals surface area (Å²) in [6.07, 6.45) is 6.91. The van der Waals surface area contributed by atoms with E-state index in [9.17, 15) is 9.59 Å². The molecule has 0 aromatic rings. The van der Waals surface area contributed by atoms with Crippen LogP contribution in [0.3, 0.4) is 0 Å². The lowest BCUT2D eigenvalue weighted by Gasteiger charge is -2.51. The van der Waals surface area contributed by atoms with Crippen LogP contribution in [-0.2, 0) is 23.8 Å². The summed E-state index contributed by atoms with van der Waals surface area (Å²) >= 11 is 0. The fraction of sp³-hybridized carbons (Fsp3) is 0.500. The van der Waals surface area contributed by atoms with Crippen molar-refractivity contribution in [2.24, 2.45) is 0 Å². The number of allylic oxidation sites excluding steroid dienone is 1. The minimum absolute atomic E-state index is 0.00878. The molecular formula is C16H17NO5. The lowest BCUT2D eigenvalue weighted by molar-refractivity contribution is -0.260. The van der Waals surface area contributed by atoms with Gasteiger partial charge in [-0.25, -0.2) is 0 Å². The Labute approximate surface area is 128 Å². The predicted molar refractivity (Wildman–Crippen MR) is 75.6 cm³/mol. The highest BCUT2D eigenvalue weighted by atomic mass is 16.8. The average Bonchev–Trinajstić information content (AvgIpc) is 3.03. The first-order valence-corrected chi connectivity index (χ1v) is 7.29. The zero-order valence-electron chi connectivity index (χ0n) is 12.5. The van der Waals surface area contributed by atoms with E-state index >= 15 is 0 Å². The minimum atomic E-state index is -0.938. The van der Waals surface area contributed by atoms with E-state index in [-0.39, 0.29) is 18.1 Å². The Morgan fingerprint density at radius 2 is 2.14 bits per heavy atom. The van der Waals surface area contributed by atoms with E-state index in [4.69, 9.17) is 14.2 Å². The Bertz CT molecular complexity index is 663. The maximum Gasteiger partial charge on any atom is 0.247 e. The number of piperidine rings is 1. The zero-order valence-corrected chi connectivity index (χ0v) is 12.5. The number of carbonyl (C=O) groups excluding carboxylic acids is 2. The highest BCUT2D eigenvalue weighted by Crippen LogP contribution is 2.55. The third kappa shape index (κ3) is 1.49. The number of amides is 1. The summed E-state index contributed by atoms with van der Waals surface area (Å²) in [5.74, 6) is -1.02. The summed E-state index contributed by atoms with van der Waals surface area (Å²) in [4.78, 5) is 26.2. The molecular weight excluding hydrogens is 286 g/mol. The first kappa shape index (κ1) is 13.9. The lowest BCUT2D eigenvalue weighted by Crippen LogP contribution is -2.62. The van der Waals surface area contributed by atoms with Crippen molar-refractivity contribution in [3.63, 3.8) is 0 Å². The molecule has 0 saturated carbocycles. The molecule has 0 aromatic heterocycles. The summed E-state index contributed by atoms with van der Waals surface area (Å²) in [5, 5.41) is 0. The van der Waals surface area contributed by atoms with Gasteiger partial charge in [-0.05, 0) is 17.7 Å². The van der Waals surface area contributed by atoms with Crippen LogP contribution in [0.1, 0.15) is 12.8 Å². The van der Waals surface area contributed by atoms with E-state index in [2.05, 4.69) is 0 Å². The second-order valence-corrected chi connectivity index (χ2v) is 5.94. The van der Waals surface area contributed by atoms with Crippen molar-refractivity contribution in [2.45, 2.75) is 30.5 Å². The molecule has 6 heteroatoms. The third-order valence-electron chi connectivity index (χ3n) is 5.05. The highest BCUT2D eigenvalue weighted by Gasteiger charge is 2.63. The summed E-state index contributed by atoms with van der Waals surface area (Å²) in [6, 6.07) is 0. The van der Waals surface area contributed by atoms with E-state index in [1.807, 2.05) is 6.08 Å². The molecule has 4 aliphatic rings. The number of fused-ring (bicyclic) bond motifs is 1. The van der Waals surface area contributed by atoms with Gasteiger partial charge in [-0.3, -0.25) is 9.59 Å². The van der Waals surface area contributed by atoms with Gasteiger partial charge in [-0.2, -0.15) is 0 Å². The summed E-state index contributed by atoms with van der Waals surface area (Å²) in [5.41, 5.74) is 0.838. The molecule has 0 radical (unpaired) electrons. The van der Waals surface area contributed by atoms with Crippen LogP contribution in [0.5, 0.6) is 0 Å². The number of ether oxygens (including phenoxy) is 3. The van der Waals surface area contributed by atoms with E-state index in [0.29, 0.717) is 13.0 Å². The first-order valence-electron chi connectivity index (χ1n) is 7.29. The Hall–Kier alpha value is -1.76. The fourth-order valence-corrected chi connectivity index (χ4v) is 4.08. The molecule has 0 N–H and O–H groups in total. The molecule has 6 nitrogen and oxygen atoms in total. The molecule has 0 bridgehead atoms. The molecule has 0 aromatic carbocycles. The van der Waals surface area contributed by atoms with Crippen molar-refractivity contribution >= 4 is 11.7 Å². The maximum atomic E-state index is 12.4. The molecule has 3 heterocycles. The zero-order chi connectivity index (χ0) is 15.5. The first-order chi connectivity index (χ1) is 10.6. The summed E-state index contributed by atoms with van der Waals surface area (Å²) in [6.45, 7) is 0.474. The van der Waals surface area contributed by atoms with Gasteiger partial charge < -0.3 is 19.1 Å². The van der Waals surface area contributed by atoms with Gasteiger partial charge in [0.15, 0.2) is 17.9 Å². The maximum absolute atomic E-state index is 12.4. The topological polar surface area (TPSA) is 65.1 Å². The predicted octanol–water partition coefficient (Wildman–Crippen LogP) is 0.698. The lowest BCUT2D eigenvalue weighted by atomic mass is 9.70. The Kier molecular flexibility index (Phi) is 2.76. The number of carbonyl (C=O) groups is 2.